The molecule has 1 aliphatic heterocycles. The predicted octanol–water partition coefficient (Wildman–Crippen LogP) is 2.43. The van der Waals surface area contributed by atoms with Crippen LogP contribution in [0.5, 0.6) is 0 Å². The SMILES string of the molecule is COC(=O)N1CCc2nc(NC(=O)c3cccc([N+](=O)[O-])c3)sc2C1. The van der Waals surface area contributed by atoms with Gasteiger partial charge >= 0.3 is 6.09 Å². The summed E-state index contributed by atoms with van der Waals surface area (Å²) in [4.78, 5) is 40.9. The van der Waals surface area contributed by atoms with Crippen molar-refractivity contribution in [2.75, 3.05) is 19.0 Å². The molecule has 1 N–H and O–H groups in total. The lowest BCUT2D eigenvalue weighted by Crippen LogP contribution is -2.35. The Morgan fingerprint density at radius 3 is 2.96 bits per heavy atom. The zero-order chi connectivity index (χ0) is 18.0. The number of non-ortho nitro benzene ring substituents is 1. The van der Waals surface area contributed by atoms with Crippen LogP contribution < -0.4 is 5.32 Å². The number of ether oxygens (including phenoxy) is 1. The number of thiazole rings is 1. The fourth-order valence-corrected chi connectivity index (χ4v) is 3.48. The number of hydrogen-bond acceptors (Lipinski definition) is 7. The zero-order valence-corrected chi connectivity index (χ0v) is 14.0. The molecule has 2 amide bonds. The number of rotatable bonds is 3. The number of nitrogens with one attached hydrogen (secondary N) is 1. The van der Waals surface area contributed by atoms with Crippen LogP contribution in [0.25, 0.3) is 0 Å². The lowest BCUT2D eigenvalue weighted by molar-refractivity contribution is -0.384. The molecule has 2 aromatic rings. The molecular formula is C15H14N4O5S. The van der Waals surface area contributed by atoms with Gasteiger partial charge < -0.3 is 9.64 Å². The Kier molecular flexibility index (Phi) is 4.61. The molecule has 1 aromatic carbocycles. The maximum atomic E-state index is 12.3. The number of aromatic nitrogens is 1. The van der Waals surface area contributed by atoms with Crippen LogP contribution >= 0.6 is 11.3 Å². The summed E-state index contributed by atoms with van der Waals surface area (Å²) in [5.41, 5.74) is 0.859. The van der Waals surface area contributed by atoms with E-state index in [1.165, 1.54) is 42.7 Å². The molecule has 25 heavy (non-hydrogen) atoms. The van der Waals surface area contributed by atoms with Crippen LogP contribution in [0, 0.1) is 10.1 Å². The normalized spacial score (nSPS) is 13.1. The fourth-order valence-electron chi connectivity index (χ4n) is 2.46. The molecule has 0 atom stereocenters. The summed E-state index contributed by atoms with van der Waals surface area (Å²) in [6.45, 7) is 0.883. The van der Waals surface area contributed by atoms with Crippen molar-refractivity contribution in [2.24, 2.45) is 0 Å². The van der Waals surface area contributed by atoms with Crippen molar-refractivity contribution in [3.8, 4) is 0 Å². The molecule has 0 spiro atoms. The molecule has 10 heteroatoms. The Morgan fingerprint density at radius 2 is 2.24 bits per heavy atom. The molecule has 0 radical (unpaired) electrons. The van der Waals surface area contributed by atoms with E-state index in [0.717, 1.165) is 10.6 Å². The molecule has 0 aliphatic carbocycles. The Balaban J connectivity index is 1.73. The highest BCUT2D eigenvalue weighted by Crippen LogP contribution is 2.29. The van der Waals surface area contributed by atoms with Crippen molar-refractivity contribution < 1.29 is 19.2 Å². The molecule has 0 unspecified atom stereocenters. The van der Waals surface area contributed by atoms with Gasteiger partial charge in [-0.25, -0.2) is 9.78 Å². The number of hydrogen-bond donors (Lipinski definition) is 1. The van der Waals surface area contributed by atoms with Crippen molar-refractivity contribution in [1.29, 1.82) is 0 Å². The highest BCUT2D eigenvalue weighted by atomic mass is 32.1. The second-order valence-electron chi connectivity index (χ2n) is 5.29. The number of nitro groups is 1. The molecule has 0 fully saturated rings. The quantitative estimate of drug-likeness (QED) is 0.662. The molecule has 0 saturated carbocycles. The van der Waals surface area contributed by atoms with E-state index in [1.807, 2.05) is 0 Å². The summed E-state index contributed by atoms with van der Waals surface area (Å²) in [6.07, 6.45) is 0.175. The number of nitrogens with zero attached hydrogens (tertiary/aromatic N) is 3. The third kappa shape index (κ3) is 3.58. The fraction of sp³-hybridized carbons (Fsp3) is 0.267. The summed E-state index contributed by atoms with van der Waals surface area (Å²) in [7, 11) is 1.33. The number of carbonyl (C=O) groups is 2. The summed E-state index contributed by atoms with van der Waals surface area (Å²) < 4.78 is 4.71. The van der Waals surface area contributed by atoms with Gasteiger partial charge in [-0.3, -0.25) is 20.2 Å². The minimum Gasteiger partial charge on any atom is -0.453 e. The first-order chi connectivity index (χ1) is 12.0. The number of anilines is 1. The maximum absolute atomic E-state index is 12.3. The van der Waals surface area contributed by atoms with Crippen molar-refractivity contribution in [3.63, 3.8) is 0 Å². The minimum absolute atomic E-state index is 0.153. The molecule has 9 nitrogen and oxygen atoms in total. The van der Waals surface area contributed by atoms with Crippen molar-refractivity contribution in [1.82, 2.24) is 9.88 Å². The van der Waals surface area contributed by atoms with E-state index in [2.05, 4.69) is 10.3 Å². The van der Waals surface area contributed by atoms with Gasteiger partial charge in [-0.2, -0.15) is 0 Å². The number of carbonyl (C=O) groups excluding carboxylic acids is 2. The first kappa shape index (κ1) is 16.8. The minimum atomic E-state index is -0.555. The van der Waals surface area contributed by atoms with Crippen LogP contribution in [0.2, 0.25) is 0 Å². The summed E-state index contributed by atoms with van der Waals surface area (Å²) in [5.74, 6) is -0.473. The topological polar surface area (TPSA) is 115 Å². The van der Waals surface area contributed by atoms with Crippen LogP contribution in [0.4, 0.5) is 15.6 Å². The number of methoxy groups -OCH3 is 1. The van der Waals surface area contributed by atoms with Gasteiger partial charge in [0, 0.05) is 35.5 Å². The largest absolute Gasteiger partial charge is 0.453 e. The van der Waals surface area contributed by atoms with Crippen molar-refractivity contribution >= 4 is 34.2 Å². The van der Waals surface area contributed by atoms with E-state index in [4.69, 9.17) is 4.74 Å². The standard InChI is InChI=1S/C15H14N4O5S/c1-24-15(21)18-6-5-11-12(8-18)25-14(16-11)17-13(20)9-3-2-4-10(7-9)19(22)23/h2-4,7H,5-6,8H2,1H3,(H,16,17,20). The van der Waals surface area contributed by atoms with E-state index >= 15 is 0 Å². The molecular weight excluding hydrogens is 348 g/mol. The van der Waals surface area contributed by atoms with Crippen molar-refractivity contribution in [2.45, 2.75) is 13.0 Å². The Hall–Kier alpha value is -3.01. The van der Waals surface area contributed by atoms with Gasteiger partial charge in [0.2, 0.25) is 0 Å². The maximum Gasteiger partial charge on any atom is 0.409 e. The van der Waals surface area contributed by atoms with Gasteiger partial charge in [0.1, 0.15) is 0 Å². The Morgan fingerprint density at radius 1 is 1.44 bits per heavy atom. The van der Waals surface area contributed by atoms with Crippen molar-refractivity contribution in [3.05, 3.63) is 50.5 Å². The second kappa shape index (κ2) is 6.85. The van der Waals surface area contributed by atoms with E-state index < -0.39 is 16.9 Å². The van der Waals surface area contributed by atoms with Crippen LogP contribution in [-0.4, -0.2) is 40.5 Å². The monoisotopic (exact) mass is 362 g/mol. The molecule has 0 bridgehead atoms. The van der Waals surface area contributed by atoms with Gasteiger partial charge in [-0.1, -0.05) is 17.4 Å². The lowest BCUT2D eigenvalue weighted by atomic mass is 10.2. The second-order valence-corrected chi connectivity index (χ2v) is 6.38. The first-order valence-electron chi connectivity index (χ1n) is 7.35. The summed E-state index contributed by atoms with van der Waals surface area (Å²) in [5, 5.41) is 13.8. The van der Waals surface area contributed by atoms with Gasteiger partial charge in [-0.15, -0.1) is 0 Å². The van der Waals surface area contributed by atoms with Gasteiger partial charge in [0.15, 0.2) is 5.13 Å². The average Bonchev–Trinajstić information content (AvgIpc) is 3.02. The van der Waals surface area contributed by atoms with Crippen LogP contribution in [-0.2, 0) is 17.7 Å². The molecule has 130 valence electrons. The Bertz CT molecular complexity index is 850. The highest BCUT2D eigenvalue weighted by molar-refractivity contribution is 7.15. The smallest absolute Gasteiger partial charge is 0.409 e. The number of fused-ring (bicyclic) bond motifs is 1. The molecule has 1 aromatic heterocycles. The van der Waals surface area contributed by atoms with E-state index in [1.54, 1.807) is 4.90 Å². The molecule has 2 heterocycles. The average molecular weight is 362 g/mol. The van der Waals surface area contributed by atoms with E-state index in [-0.39, 0.29) is 11.3 Å². The molecule has 3 rings (SSSR count). The lowest BCUT2D eigenvalue weighted by Gasteiger charge is -2.24. The third-order valence-corrected chi connectivity index (χ3v) is 4.70. The Labute approximate surface area is 146 Å². The molecule has 0 saturated heterocycles. The van der Waals surface area contributed by atoms with Gasteiger partial charge in [0.05, 0.1) is 24.3 Å². The van der Waals surface area contributed by atoms with Crippen LogP contribution in [0.15, 0.2) is 24.3 Å². The zero-order valence-electron chi connectivity index (χ0n) is 13.2. The first-order valence-corrected chi connectivity index (χ1v) is 8.17. The molecule has 1 aliphatic rings. The number of nitro benzene ring substituents is 1. The number of amides is 2. The van der Waals surface area contributed by atoms with Crippen LogP contribution in [0.1, 0.15) is 20.9 Å². The number of benzene rings is 1. The summed E-state index contributed by atoms with van der Waals surface area (Å²) in [6, 6.07) is 5.48. The third-order valence-electron chi connectivity index (χ3n) is 3.70. The van der Waals surface area contributed by atoms with Gasteiger partial charge in [0.25, 0.3) is 11.6 Å². The highest BCUT2D eigenvalue weighted by Gasteiger charge is 2.25. The van der Waals surface area contributed by atoms with Crippen LogP contribution in [0.3, 0.4) is 0 Å². The summed E-state index contributed by atoms with van der Waals surface area (Å²) >= 11 is 1.27. The van der Waals surface area contributed by atoms with Gasteiger partial charge in [-0.05, 0) is 6.07 Å². The van der Waals surface area contributed by atoms with E-state index in [0.29, 0.717) is 24.6 Å². The van der Waals surface area contributed by atoms with E-state index in [9.17, 15) is 19.7 Å². The predicted molar refractivity (Wildman–Crippen MR) is 89.7 cm³/mol.